The third-order valence-corrected chi connectivity index (χ3v) is 6.06. The summed E-state index contributed by atoms with van der Waals surface area (Å²) in [7, 11) is 0. The number of alkyl carbamates (subject to hydrolysis) is 1. The second-order valence-corrected chi connectivity index (χ2v) is 11.3. The summed E-state index contributed by atoms with van der Waals surface area (Å²) in [4.78, 5) is 31.1. The number of halogens is 3. The third-order valence-electron chi connectivity index (χ3n) is 6.06. The highest BCUT2D eigenvalue weighted by Crippen LogP contribution is 2.41. The van der Waals surface area contributed by atoms with Gasteiger partial charge in [-0.2, -0.15) is 13.2 Å². The van der Waals surface area contributed by atoms with Gasteiger partial charge in [-0.05, 0) is 76.3 Å². The second-order valence-electron chi connectivity index (χ2n) is 11.3. The van der Waals surface area contributed by atoms with Crippen LogP contribution in [0.15, 0.2) is 30.5 Å². The topological polar surface area (TPSA) is 80.8 Å². The predicted molar refractivity (Wildman–Crippen MR) is 138 cm³/mol. The fourth-order valence-corrected chi connectivity index (χ4v) is 4.65. The lowest BCUT2D eigenvalue weighted by molar-refractivity contribution is -0.139. The van der Waals surface area contributed by atoms with Crippen molar-refractivity contribution in [3.8, 4) is 16.9 Å². The fourth-order valence-electron chi connectivity index (χ4n) is 4.65. The molecule has 1 aromatic carbocycles. The third kappa shape index (κ3) is 6.96. The molecule has 2 amide bonds. The van der Waals surface area contributed by atoms with E-state index in [1.165, 1.54) is 18.3 Å². The van der Waals surface area contributed by atoms with Gasteiger partial charge in [0.1, 0.15) is 18.0 Å². The van der Waals surface area contributed by atoms with Crippen LogP contribution in [0.2, 0.25) is 0 Å². The zero-order valence-electron chi connectivity index (χ0n) is 23.0. The Morgan fingerprint density at radius 1 is 1.16 bits per heavy atom. The van der Waals surface area contributed by atoms with E-state index >= 15 is 0 Å². The number of nitrogens with zero attached hydrogens (tertiary/aromatic N) is 2. The molecule has 7 nitrogen and oxygen atoms in total. The molecule has 1 aliphatic rings. The first kappa shape index (κ1) is 29.3. The molecule has 1 atom stereocenters. The largest absolute Gasteiger partial charge is 0.491 e. The first-order valence-electron chi connectivity index (χ1n) is 12.7. The average molecular weight is 536 g/mol. The zero-order chi connectivity index (χ0) is 28.5. The molecule has 2 aromatic rings. The van der Waals surface area contributed by atoms with Crippen LogP contribution in [0.4, 0.5) is 18.0 Å². The molecule has 0 fully saturated rings. The molecule has 208 valence electrons. The van der Waals surface area contributed by atoms with Gasteiger partial charge in [0.15, 0.2) is 0 Å². The Labute approximate surface area is 221 Å². The Morgan fingerprint density at radius 3 is 2.42 bits per heavy atom. The number of carbonyl (C=O) groups excluding carboxylic acids is 2. The summed E-state index contributed by atoms with van der Waals surface area (Å²) < 4.78 is 53.6. The summed E-state index contributed by atoms with van der Waals surface area (Å²) in [6.45, 7) is 13.2. The van der Waals surface area contributed by atoms with Crippen molar-refractivity contribution in [2.24, 2.45) is 5.92 Å². The van der Waals surface area contributed by atoms with E-state index in [0.717, 1.165) is 6.07 Å². The van der Waals surface area contributed by atoms with Crippen molar-refractivity contribution in [2.45, 2.75) is 78.7 Å². The maximum absolute atomic E-state index is 14.2. The molecule has 10 heteroatoms. The van der Waals surface area contributed by atoms with Crippen LogP contribution in [0, 0.1) is 5.92 Å². The van der Waals surface area contributed by atoms with Crippen LogP contribution in [-0.4, -0.2) is 46.2 Å². The molecule has 1 aromatic heterocycles. The van der Waals surface area contributed by atoms with E-state index in [4.69, 9.17) is 9.47 Å². The highest BCUT2D eigenvalue weighted by molar-refractivity contribution is 6.04. The van der Waals surface area contributed by atoms with Gasteiger partial charge in [-0.25, -0.2) is 4.79 Å². The van der Waals surface area contributed by atoms with Gasteiger partial charge in [-0.3, -0.25) is 9.78 Å². The van der Waals surface area contributed by atoms with Gasteiger partial charge >= 0.3 is 12.3 Å². The second kappa shape index (κ2) is 10.8. The normalized spacial score (nSPS) is 15.3. The molecule has 0 saturated heterocycles. The molecule has 38 heavy (non-hydrogen) atoms. The minimum absolute atomic E-state index is 0.122. The predicted octanol–water partition coefficient (Wildman–Crippen LogP) is 6.45. The molecular formula is C28H36F3N3O4. The number of hydrogen-bond donors (Lipinski definition) is 1. The van der Waals surface area contributed by atoms with Gasteiger partial charge in [-0.15, -0.1) is 0 Å². The molecule has 0 spiro atoms. The molecule has 2 heterocycles. The van der Waals surface area contributed by atoms with Gasteiger partial charge in [0.05, 0.1) is 28.9 Å². The van der Waals surface area contributed by atoms with Crippen molar-refractivity contribution in [2.75, 3.05) is 13.2 Å². The molecule has 0 radical (unpaired) electrons. The molecule has 1 N–H and O–H groups in total. The van der Waals surface area contributed by atoms with Crippen LogP contribution < -0.4 is 10.1 Å². The Balaban J connectivity index is 1.93. The summed E-state index contributed by atoms with van der Waals surface area (Å²) in [5, 5.41) is 2.77. The van der Waals surface area contributed by atoms with E-state index in [1.807, 2.05) is 20.8 Å². The number of pyridine rings is 1. The number of fused-ring (bicyclic) bond motifs is 1. The SMILES string of the molecule is CCN1Cc2nccc(-c3ccc(OCC(C)(CC(C)C)NC(=O)OC(C)(C)C)c(C(F)(F)F)c3)c2C1=O. The van der Waals surface area contributed by atoms with E-state index in [-0.39, 0.29) is 29.7 Å². The Kier molecular flexibility index (Phi) is 8.33. The summed E-state index contributed by atoms with van der Waals surface area (Å²) in [6, 6.07) is 5.30. The van der Waals surface area contributed by atoms with Crippen molar-refractivity contribution in [3.63, 3.8) is 0 Å². The number of amides is 2. The van der Waals surface area contributed by atoms with E-state index < -0.39 is 29.0 Å². The Bertz CT molecular complexity index is 1190. The standard InChI is InChI=1S/C28H36F3N3O4/c1-8-34-15-21-23(24(34)35)19(11-12-32-21)18-9-10-22(20(13-18)28(29,30)31)37-16-27(7,14-17(2)3)33-25(36)38-26(4,5)6/h9-13,17H,8,14-16H2,1-7H3,(H,33,36). The highest BCUT2D eigenvalue weighted by Gasteiger charge is 2.38. The number of carbonyl (C=O) groups is 2. The van der Waals surface area contributed by atoms with Gasteiger partial charge in [0.2, 0.25) is 0 Å². The van der Waals surface area contributed by atoms with Crippen LogP contribution in [0.3, 0.4) is 0 Å². The summed E-state index contributed by atoms with van der Waals surface area (Å²) in [5.41, 5.74) is -1.19. The number of aromatic nitrogens is 1. The molecule has 3 rings (SSSR count). The monoisotopic (exact) mass is 535 g/mol. The van der Waals surface area contributed by atoms with E-state index in [9.17, 15) is 22.8 Å². The molecule has 0 bridgehead atoms. The van der Waals surface area contributed by atoms with Gasteiger partial charge < -0.3 is 19.7 Å². The minimum Gasteiger partial charge on any atom is -0.491 e. The first-order valence-corrected chi connectivity index (χ1v) is 12.7. The van der Waals surface area contributed by atoms with Crippen LogP contribution in [0.1, 0.15) is 76.5 Å². The molecular weight excluding hydrogens is 499 g/mol. The number of alkyl halides is 3. The van der Waals surface area contributed by atoms with Crippen molar-refractivity contribution < 1.29 is 32.2 Å². The summed E-state index contributed by atoms with van der Waals surface area (Å²) in [6.07, 6.45) is -3.44. The van der Waals surface area contributed by atoms with E-state index in [1.54, 1.807) is 38.7 Å². The van der Waals surface area contributed by atoms with Crippen LogP contribution in [-0.2, 0) is 17.5 Å². The molecule has 0 saturated carbocycles. The number of hydrogen-bond acceptors (Lipinski definition) is 5. The first-order chi connectivity index (χ1) is 17.5. The quantitative estimate of drug-likeness (QED) is 0.420. The van der Waals surface area contributed by atoms with Crippen molar-refractivity contribution >= 4 is 12.0 Å². The number of nitrogens with one attached hydrogen (secondary N) is 1. The molecule has 1 unspecified atom stereocenters. The summed E-state index contributed by atoms with van der Waals surface area (Å²) >= 11 is 0. The lowest BCUT2D eigenvalue weighted by Gasteiger charge is -2.33. The maximum atomic E-state index is 14.2. The number of ether oxygens (including phenoxy) is 2. The van der Waals surface area contributed by atoms with Crippen molar-refractivity contribution in [1.82, 2.24) is 15.2 Å². The number of benzene rings is 1. The lowest BCUT2D eigenvalue weighted by atomic mass is 9.91. The Morgan fingerprint density at radius 2 is 1.84 bits per heavy atom. The van der Waals surface area contributed by atoms with Crippen molar-refractivity contribution in [1.29, 1.82) is 0 Å². The fraction of sp³-hybridized carbons (Fsp3) is 0.536. The average Bonchev–Trinajstić information content (AvgIpc) is 3.11. The molecule has 1 aliphatic heterocycles. The smallest absolute Gasteiger partial charge is 0.419 e. The lowest BCUT2D eigenvalue weighted by Crippen LogP contribution is -2.52. The van der Waals surface area contributed by atoms with Gasteiger partial charge in [0.25, 0.3) is 5.91 Å². The van der Waals surface area contributed by atoms with Crippen LogP contribution in [0.25, 0.3) is 11.1 Å². The summed E-state index contributed by atoms with van der Waals surface area (Å²) in [5.74, 6) is -0.497. The van der Waals surface area contributed by atoms with Crippen LogP contribution >= 0.6 is 0 Å². The zero-order valence-corrected chi connectivity index (χ0v) is 23.0. The highest BCUT2D eigenvalue weighted by atomic mass is 19.4. The van der Waals surface area contributed by atoms with Crippen molar-refractivity contribution in [3.05, 3.63) is 47.3 Å². The van der Waals surface area contributed by atoms with Gasteiger partial charge in [-0.1, -0.05) is 19.9 Å². The van der Waals surface area contributed by atoms with Gasteiger partial charge in [0, 0.05) is 12.7 Å². The Hall–Kier alpha value is -3.30. The van der Waals surface area contributed by atoms with Crippen LogP contribution in [0.5, 0.6) is 5.75 Å². The van der Waals surface area contributed by atoms with E-state index in [0.29, 0.717) is 36.3 Å². The number of rotatable bonds is 8. The maximum Gasteiger partial charge on any atom is 0.419 e. The minimum atomic E-state index is -4.71. The molecule has 0 aliphatic carbocycles. The van der Waals surface area contributed by atoms with E-state index in [2.05, 4.69) is 10.3 Å².